The van der Waals surface area contributed by atoms with E-state index >= 15 is 0 Å². The zero-order chi connectivity index (χ0) is 13.2. The van der Waals surface area contributed by atoms with Crippen molar-refractivity contribution >= 4 is 12.3 Å². The van der Waals surface area contributed by atoms with E-state index in [2.05, 4.69) is 53.3 Å². The fraction of sp³-hybridized carbons (Fsp3) is 0.0833. The van der Waals surface area contributed by atoms with E-state index in [1.165, 1.54) is 16.8 Å². The van der Waals surface area contributed by atoms with Crippen LogP contribution in [0.25, 0.3) is 6.08 Å². The van der Waals surface area contributed by atoms with Crippen molar-refractivity contribution in [3.8, 4) is 0 Å². The minimum Gasteiger partial charge on any atom is -0.222 e. The summed E-state index contributed by atoms with van der Waals surface area (Å²) in [6.45, 7) is 1.01. The van der Waals surface area contributed by atoms with Crippen LogP contribution in [-0.2, 0) is 6.54 Å². The summed E-state index contributed by atoms with van der Waals surface area (Å²) in [5.74, 6) is 0. The van der Waals surface area contributed by atoms with E-state index in [-0.39, 0.29) is 0 Å². The summed E-state index contributed by atoms with van der Waals surface area (Å²) in [5, 5.41) is 0. The maximum absolute atomic E-state index is 8.49. The van der Waals surface area contributed by atoms with E-state index in [9.17, 15) is 0 Å². The first-order valence-corrected chi connectivity index (χ1v) is 6.36. The van der Waals surface area contributed by atoms with Crippen molar-refractivity contribution in [3.05, 3.63) is 53.2 Å². The van der Waals surface area contributed by atoms with Gasteiger partial charge in [0.1, 0.15) is 0 Å². The lowest BCUT2D eigenvalue weighted by molar-refractivity contribution is -2.00. The van der Waals surface area contributed by atoms with Gasteiger partial charge in [0, 0.05) is 23.8 Å². The monoisotopic (exact) mass is 267 g/mol. The number of benzene rings is 1. The Morgan fingerprint density at radius 3 is 2.44 bits per heavy atom. The van der Waals surface area contributed by atoms with Crippen molar-refractivity contribution in [2.75, 3.05) is 0 Å². The molecule has 0 unspecified atom stereocenters. The maximum Gasteiger partial charge on any atom is 0.206 e. The van der Waals surface area contributed by atoms with Crippen LogP contribution in [0.1, 0.15) is 11.1 Å². The van der Waals surface area contributed by atoms with Crippen LogP contribution in [-0.4, -0.2) is 10.8 Å². The molecule has 3 rings (SSSR count). The number of rotatable bonds is 0. The van der Waals surface area contributed by atoms with Gasteiger partial charge in [0.05, 0.1) is 0 Å². The lowest BCUT2D eigenvalue weighted by Crippen LogP contribution is -2.68. The molecule has 0 aromatic heterocycles. The highest BCUT2D eigenvalue weighted by Crippen LogP contribution is 2.23. The summed E-state index contributed by atoms with van der Waals surface area (Å²) in [4.78, 5) is 0. The number of hydrogen-bond acceptors (Lipinski definition) is 4. The third-order valence-electron chi connectivity index (χ3n) is 2.56. The number of fused-ring (bicyclic) bond motifs is 2. The summed E-state index contributed by atoms with van der Waals surface area (Å²) in [6.07, 6.45) is 8.61. The van der Waals surface area contributed by atoms with Crippen LogP contribution in [0.2, 0.25) is 0 Å². The summed E-state index contributed by atoms with van der Waals surface area (Å²) in [5.41, 5.74) is 4.07. The minimum absolute atomic E-state index is 1.01. The largest absolute Gasteiger partial charge is 0.222 e. The second-order valence-corrected chi connectivity index (χ2v) is 4.54. The Balaban J connectivity index is 0.000000209. The lowest BCUT2D eigenvalue weighted by atomic mass is 10.0. The van der Waals surface area contributed by atoms with Crippen molar-refractivity contribution in [2.24, 2.45) is 0 Å². The number of nitrogens with zero attached hydrogens (tertiary/aromatic N) is 1. The van der Waals surface area contributed by atoms with Gasteiger partial charge in [-0.2, -0.15) is 4.58 Å². The minimum atomic E-state index is -4.94. The van der Waals surface area contributed by atoms with Gasteiger partial charge in [-0.1, -0.05) is 24.3 Å². The van der Waals surface area contributed by atoms with Crippen molar-refractivity contribution in [1.29, 1.82) is 0 Å². The van der Waals surface area contributed by atoms with Gasteiger partial charge in [-0.3, -0.25) is 0 Å². The van der Waals surface area contributed by atoms with Gasteiger partial charge in [0.2, 0.25) is 5.70 Å². The zero-order valence-electron chi connectivity index (χ0n) is 9.28. The average molecular weight is 268 g/mol. The lowest BCUT2D eigenvalue weighted by Gasteiger charge is -2.17. The molecule has 2 aliphatic heterocycles. The molecule has 2 aliphatic rings. The first-order valence-electron chi connectivity index (χ1n) is 5.13. The fourth-order valence-corrected chi connectivity index (χ4v) is 1.86. The van der Waals surface area contributed by atoms with E-state index in [0.29, 0.717) is 0 Å². The predicted molar refractivity (Wildman–Crippen MR) is 53.6 cm³/mol. The van der Waals surface area contributed by atoms with Crippen LogP contribution >= 0.6 is 0 Å². The highest BCUT2D eigenvalue weighted by atomic mass is 35.7. The molecule has 0 atom stereocenters. The SMILES string of the molecule is C1=CC2=Cc3ccccc3C[N+]2=C1.[O-][Cl+3]([O-])([O-])[O-]. The Morgan fingerprint density at radius 2 is 1.72 bits per heavy atom. The van der Waals surface area contributed by atoms with Crippen LogP contribution < -0.4 is 18.6 Å². The Bertz CT molecular complexity index is 537. The van der Waals surface area contributed by atoms with E-state index in [0.717, 1.165) is 6.54 Å². The smallest absolute Gasteiger partial charge is 0.206 e. The van der Waals surface area contributed by atoms with E-state index in [1.54, 1.807) is 0 Å². The topological polar surface area (TPSA) is 95.2 Å². The normalized spacial score (nSPS) is 16.0. The summed E-state index contributed by atoms with van der Waals surface area (Å²) >= 11 is 0. The molecule has 1 aromatic rings. The molecule has 18 heavy (non-hydrogen) atoms. The fourth-order valence-electron chi connectivity index (χ4n) is 1.86. The van der Waals surface area contributed by atoms with Crippen LogP contribution in [0.4, 0.5) is 0 Å². The highest BCUT2D eigenvalue weighted by Gasteiger charge is 2.21. The molecule has 0 radical (unpaired) electrons. The van der Waals surface area contributed by atoms with E-state index in [4.69, 9.17) is 18.6 Å². The number of allylic oxidation sites excluding steroid dienone is 2. The Morgan fingerprint density at radius 1 is 1.06 bits per heavy atom. The van der Waals surface area contributed by atoms with Crippen LogP contribution in [0.15, 0.2) is 42.1 Å². The van der Waals surface area contributed by atoms with Gasteiger partial charge < -0.3 is 0 Å². The van der Waals surface area contributed by atoms with Gasteiger partial charge in [-0.25, -0.2) is 18.6 Å². The Hall–Kier alpha value is -1.50. The molecule has 0 spiro atoms. The molecule has 0 amide bonds. The molecule has 0 saturated carbocycles. The summed E-state index contributed by atoms with van der Waals surface area (Å²) in [6, 6.07) is 8.55. The molecule has 0 N–H and O–H groups in total. The first kappa shape index (κ1) is 12.9. The maximum atomic E-state index is 8.49. The van der Waals surface area contributed by atoms with Crippen molar-refractivity contribution in [1.82, 2.24) is 0 Å². The molecule has 0 fully saturated rings. The second-order valence-electron chi connectivity index (χ2n) is 3.78. The first-order chi connectivity index (χ1) is 8.43. The van der Waals surface area contributed by atoms with Crippen molar-refractivity contribution < 1.29 is 33.5 Å². The summed E-state index contributed by atoms with van der Waals surface area (Å²) in [7, 11) is -4.94. The third-order valence-corrected chi connectivity index (χ3v) is 2.56. The quantitative estimate of drug-likeness (QED) is 0.483. The van der Waals surface area contributed by atoms with Crippen molar-refractivity contribution in [3.63, 3.8) is 0 Å². The second kappa shape index (κ2) is 5.01. The Labute approximate surface area is 106 Å². The van der Waals surface area contributed by atoms with Crippen LogP contribution in [0, 0.1) is 10.2 Å². The van der Waals surface area contributed by atoms with Gasteiger partial charge in [-0.15, -0.1) is 10.2 Å². The highest BCUT2D eigenvalue weighted by molar-refractivity contribution is 5.74. The zero-order valence-corrected chi connectivity index (χ0v) is 10.0. The van der Waals surface area contributed by atoms with Gasteiger partial charge >= 0.3 is 0 Å². The number of hydrogen-bond donors (Lipinski definition) is 0. The van der Waals surface area contributed by atoms with Gasteiger partial charge in [0.25, 0.3) is 0 Å². The third kappa shape index (κ3) is 3.49. The molecule has 6 heteroatoms. The Kier molecular flexibility index (Phi) is 3.60. The summed E-state index contributed by atoms with van der Waals surface area (Å²) < 4.78 is 36.2. The molecule has 0 bridgehead atoms. The number of halogens is 1. The van der Waals surface area contributed by atoms with Crippen LogP contribution in [0.5, 0.6) is 0 Å². The molecule has 5 nitrogen and oxygen atoms in total. The molecular formula is C12H10ClNO4. The molecule has 94 valence electrons. The molecular weight excluding hydrogens is 258 g/mol. The van der Waals surface area contributed by atoms with E-state index in [1.807, 2.05) is 0 Å². The van der Waals surface area contributed by atoms with Crippen molar-refractivity contribution in [2.45, 2.75) is 6.54 Å². The van der Waals surface area contributed by atoms with E-state index < -0.39 is 10.2 Å². The van der Waals surface area contributed by atoms with Gasteiger partial charge in [-0.05, 0) is 5.56 Å². The molecule has 0 saturated heterocycles. The predicted octanol–water partition coefficient (Wildman–Crippen LogP) is -2.56. The van der Waals surface area contributed by atoms with Gasteiger partial charge in [0.15, 0.2) is 12.8 Å². The molecule has 2 heterocycles. The molecule has 1 aromatic carbocycles. The van der Waals surface area contributed by atoms with Crippen LogP contribution in [0.3, 0.4) is 0 Å². The standard InChI is InChI=1S/C12H10N.ClHO4/c1-2-5-11-9-13-7-3-6-12(13)8-10(11)4-1;2-1(3,4)5/h1-8H,9H2;(H,2,3,4,5)/q+1;/p-1. The average Bonchev–Trinajstić information content (AvgIpc) is 2.70. The molecule has 0 aliphatic carbocycles.